The van der Waals surface area contributed by atoms with E-state index in [1.54, 1.807) is 16.2 Å². The highest BCUT2D eigenvalue weighted by molar-refractivity contribution is 7.10. The van der Waals surface area contributed by atoms with Crippen molar-refractivity contribution in [2.75, 3.05) is 10.2 Å². The first-order valence-corrected chi connectivity index (χ1v) is 12.4. The van der Waals surface area contributed by atoms with Gasteiger partial charge >= 0.3 is 6.36 Å². The third-order valence-corrected chi connectivity index (χ3v) is 7.14. The molecule has 5 rings (SSSR count). The van der Waals surface area contributed by atoms with Crippen molar-refractivity contribution in [3.63, 3.8) is 0 Å². The van der Waals surface area contributed by atoms with Crippen LogP contribution in [-0.4, -0.2) is 18.2 Å². The Morgan fingerprint density at radius 2 is 1.70 bits per heavy atom. The third kappa shape index (κ3) is 5.33. The van der Waals surface area contributed by atoms with E-state index >= 15 is 0 Å². The number of para-hydroxylation sites is 2. The number of nitrogens with zero attached hydrogens (tertiary/aromatic N) is 1. The lowest BCUT2D eigenvalue weighted by molar-refractivity contribution is -0.274. The van der Waals surface area contributed by atoms with E-state index in [0.29, 0.717) is 6.54 Å². The van der Waals surface area contributed by atoms with Gasteiger partial charge in [0, 0.05) is 22.7 Å². The first-order valence-electron chi connectivity index (χ1n) is 11.1. The number of rotatable bonds is 4. The minimum Gasteiger partial charge on any atom is -0.405 e. The number of hydrogen-bond donors (Lipinski definition) is 1. The number of fused-ring (bicyclic) bond motifs is 2. The molecule has 2 amide bonds. The molecule has 0 radical (unpaired) electrons. The minimum atomic E-state index is -4.95. The zero-order valence-corrected chi connectivity index (χ0v) is 20.6. The van der Waals surface area contributed by atoms with Crippen LogP contribution in [0.4, 0.5) is 24.5 Å². The average Bonchev–Trinajstić information content (AvgIpc) is 3.22. The van der Waals surface area contributed by atoms with E-state index in [0.717, 1.165) is 29.3 Å². The van der Waals surface area contributed by atoms with Crippen molar-refractivity contribution in [3.05, 3.63) is 110 Å². The minimum absolute atomic E-state index is 0.0925. The second-order valence-electron chi connectivity index (χ2n) is 8.26. The van der Waals surface area contributed by atoms with Crippen LogP contribution in [0.3, 0.4) is 0 Å². The lowest BCUT2D eigenvalue weighted by Crippen LogP contribution is -2.30. The number of alkyl halides is 3. The molecule has 37 heavy (non-hydrogen) atoms. The molecule has 5 nitrogen and oxygen atoms in total. The molecular formula is C27H18ClF3N2O3S. The number of nitrogens with one attached hydrogen (secondary N) is 1. The molecule has 1 aliphatic heterocycles. The zero-order chi connectivity index (χ0) is 26.2. The van der Waals surface area contributed by atoms with Gasteiger partial charge < -0.3 is 15.0 Å². The molecule has 188 valence electrons. The summed E-state index contributed by atoms with van der Waals surface area (Å²) in [6, 6.07) is 19.1. The van der Waals surface area contributed by atoms with Crippen LogP contribution in [0, 0.1) is 0 Å². The summed E-state index contributed by atoms with van der Waals surface area (Å²) in [7, 11) is 0. The molecular weight excluding hydrogens is 525 g/mol. The highest BCUT2D eigenvalue weighted by atomic mass is 35.5. The number of anilines is 2. The molecule has 2 heterocycles. The maximum atomic E-state index is 13.6. The van der Waals surface area contributed by atoms with Crippen molar-refractivity contribution in [1.82, 2.24) is 0 Å². The Bertz CT molecular complexity index is 1500. The van der Waals surface area contributed by atoms with Gasteiger partial charge in [0.25, 0.3) is 11.8 Å². The van der Waals surface area contributed by atoms with Gasteiger partial charge in [-0.2, -0.15) is 0 Å². The topological polar surface area (TPSA) is 58.6 Å². The van der Waals surface area contributed by atoms with Crippen LogP contribution in [-0.2, 0) is 13.0 Å². The average molecular weight is 543 g/mol. The fourth-order valence-corrected chi connectivity index (χ4v) is 5.36. The number of carbonyl (C=O) groups is 2. The van der Waals surface area contributed by atoms with Crippen LogP contribution in [0.2, 0.25) is 5.02 Å². The number of amides is 2. The first-order chi connectivity index (χ1) is 17.7. The SMILES string of the molecule is O=C(Nc1ccc(C(=O)N2Cc3ccsc3Cc3ccccc32)c(Cl)c1)c1ccccc1OC(F)(F)F. The van der Waals surface area contributed by atoms with Crippen molar-refractivity contribution in [2.24, 2.45) is 0 Å². The van der Waals surface area contributed by atoms with Gasteiger partial charge in [0.1, 0.15) is 5.75 Å². The van der Waals surface area contributed by atoms with Crippen LogP contribution >= 0.6 is 22.9 Å². The van der Waals surface area contributed by atoms with E-state index in [9.17, 15) is 22.8 Å². The first kappa shape index (κ1) is 24.9. The molecule has 4 aromatic rings. The maximum Gasteiger partial charge on any atom is 0.573 e. The Morgan fingerprint density at radius 3 is 2.49 bits per heavy atom. The standard InChI is InChI=1S/C27H18ClF3N2O3S/c28-21-14-18(32-25(34)20-6-2-4-8-23(20)36-27(29,30)31)9-10-19(21)26(35)33-15-17-11-12-37-24(17)13-16-5-1-3-7-22(16)33/h1-12,14H,13,15H2,(H,32,34). The molecule has 3 aromatic carbocycles. The van der Waals surface area contributed by atoms with Gasteiger partial charge in [0.15, 0.2) is 0 Å². The van der Waals surface area contributed by atoms with Gasteiger partial charge in [0.05, 0.1) is 22.7 Å². The number of benzene rings is 3. The molecule has 1 aliphatic rings. The van der Waals surface area contributed by atoms with Gasteiger partial charge in [0.2, 0.25) is 0 Å². The molecule has 0 bridgehead atoms. The lowest BCUT2D eigenvalue weighted by Gasteiger charge is -2.24. The summed E-state index contributed by atoms with van der Waals surface area (Å²) in [5.74, 6) is -1.75. The number of hydrogen-bond acceptors (Lipinski definition) is 4. The van der Waals surface area contributed by atoms with Gasteiger partial charge in [-0.1, -0.05) is 41.9 Å². The smallest absolute Gasteiger partial charge is 0.405 e. The largest absolute Gasteiger partial charge is 0.573 e. The van der Waals surface area contributed by atoms with Gasteiger partial charge in [-0.05, 0) is 59.0 Å². The Labute approximate surface area is 219 Å². The van der Waals surface area contributed by atoms with Crippen molar-refractivity contribution in [2.45, 2.75) is 19.3 Å². The van der Waals surface area contributed by atoms with Gasteiger partial charge in [-0.25, -0.2) is 0 Å². The van der Waals surface area contributed by atoms with Crippen molar-refractivity contribution < 1.29 is 27.5 Å². The van der Waals surface area contributed by atoms with E-state index in [4.69, 9.17) is 11.6 Å². The van der Waals surface area contributed by atoms with E-state index in [1.165, 1.54) is 41.3 Å². The molecule has 0 aliphatic carbocycles. The van der Waals surface area contributed by atoms with E-state index < -0.39 is 18.0 Å². The fourth-order valence-electron chi connectivity index (χ4n) is 4.17. The normalized spacial score (nSPS) is 12.8. The van der Waals surface area contributed by atoms with Gasteiger partial charge in [-0.15, -0.1) is 24.5 Å². The summed E-state index contributed by atoms with van der Waals surface area (Å²) in [6.45, 7) is 0.388. The predicted octanol–water partition coefficient (Wildman–Crippen LogP) is 7.30. The molecule has 0 unspecified atom stereocenters. The number of halogens is 4. The summed E-state index contributed by atoms with van der Waals surface area (Å²) in [6.07, 6.45) is -4.22. The Kier molecular flexibility index (Phi) is 6.66. The molecule has 1 aromatic heterocycles. The van der Waals surface area contributed by atoms with Crippen LogP contribution in [0.15, 0.2) is 78.2 Å². The monoisotopic (exact) mass is 542 g/mol. The number of thiophene rings is 1. The van der Waals surface area contributed by atoms with Crippen LogP contribution in [0.5, 0.6) is 5.75 Å². The lowest BCUT2D eigenvalue weighted by atomic mass is 10.1. The molecule has 1 N–H and O–H groups in total. The van der Waals surface area contributed by atoms with Crippen molar-refractivity contribution >= 4 is 46.1 Å². The van der Waals surface area contributed by atoms with Crippen LogP contribution < -0.4 is 15.0 Å². The van der Waals surface area contributed by atoms with Crippen LogP contribution in [0.25, 0.3) is 0 Å². The number of ether oxygens (including phenoxy) is 1. The summed E-state index contributed by atoms with van der Waals surface area (Å²) in [4.78, 5) is 29.2. The number of carbonyl (C=O) groups excluding carboxylic acids is 2. The van der Waals surface area contributed by atoms with Crippen molar-refractivity contribution in [3.8, 4) is 5.75 Å². The molecule has 0 atom stereocenters. The molecule has 10 heteroatoms. The third-order valence-electron chi connectivity index (χ3n) is 5.86. The fraction of sp³-hybridized carbons (Fsp3) is 0.111. The second-order valence-corrected chi connectivity index (χ2v) is 9.67. The summed E-state index contributed by atoms with van der Waals surface area (Å²) < 4.78 is 42.1. The van der Waals surface area contributed by atoms with E-state index in [-0.39, 0.29) is 27.7 Å². The van der Waals surface area contributed by atoms with Crippen LogP contribution in [0.1, 0.15) is 36.7 Å². The van der Waals surface area contributed by atoms with E-state index in [2.05, 4.69) is 10.1 Å². The molecule has 0 fully saturated rings. The summed E-state index contributed by atoms with van der Waals surface area (Å²) in [5.41, 5.74) is 3.03. The molecule has 0 spiro atoms. The summed E-state index contributed by atoms with van der Waals surface area (Å²) in [5, 5.41) is 4.61. The Balaban J connectivity index is 1.40. The Morgan fingerprint density at radius 1 is 0.946 bits per heavy atom. The second kappa shape index (κ2) is 9.91. The quantitative estimate of drug-likeness (QED) is 0.294. The van der Waals surface area contributed by atoms with E-state index in [1.807, 2.05) is 35.7 Å². The molecule has 0 saturated carbocycles. The highest BCUT2D eigenvalue weighted by Crippen LogP contribution is 2.35. The van der Waals surface area contributed by atoms with Crippen molar-refractivity contribution in [1.29, 1.82) is 0 Å². The predicted molar refractivity (Wildman–Crippen MR) is 137 cm³/mol. The molecule has 0 saturated heterocycles. The highest BCUT2D eigenvalue weighted by Gasteiger charge is 2.33. The summed E-state index contributed by atoms with van der Waals surface area (Å²) >= 11 is 8.12. The Hall–Kier alpha value is -3.82. The maximum absolute atomic E-state index is 13.6. The van der Waals surface area contributed by atoms with Gasteiger partial charge in [-0.3, -0.25) is 9.59 Å². The zero-order valence-electron chi connectivity index (χ0n) is 19.0.